The first-order chi connectivity index (χ1) is 8.95. The summed E-state index contributed by atoms with van der Waals surface area (Å²) >= 11 is 0. The van der Waals surface area contributed by atoms with Crippen LogP contribution < -0.4 is 5.32 Å². The second-order valence-corrected chi connectivity index (χ2v) is 4.31. The fourth-order valence-corrected chi connectivity index (χ4v) is 1.74. The normalized spacial score (nSPS) is 11.4. The van der Waals surface area contributed by atoms with Gasteiger partial charge in [0.05, 0.1) is 5.56 Å². The number of benzene rings is 2. The van der Waals surface area contributed by atoms with Gasteiger partial charge in [-0.2, -0.15) is 13.2 Å². The van der Waals surface area contributed by atoms with Crippen LogP contribution in [-0.4, -0.2) is 0 Å². The van der Waals surface area contributed by atoms with Crippen LogP contribution in [0.15, 0.2) is 42.5 Å². The molecule has 0 aliphatic rings. The van der Waals surface area contributed by atoms with Gasteiger partial charge in [-0.1, -0.05) is 18.2 Å². The number of hydrogen-bond acceptors (Lipinski definition) is 1. The van der Waals surface area contributed by atoms with Crippen LogP contribution in [0.3, 0.4) is 0 Å². The second kappa shape index (κ2) is 5.34. The van der Waals surface area contributed by atoms with E-state index in [1.165, 1.54) is 12.1 Å². The van der Waals surface area contributed by atoms with E-state index in [9.17, 15) is 13.2 Å². The van der Waals surface area contributed by atoms with Crippen LogP contribution in [0.2, 0.25) is 0 Å². The van der Waals surface area contributed by atoms with E-state index in [0.29, 0.717) is 12.2 Å². The van der Waals surface area contributed by atoms with Crippen LogP contribution in [0, 0.1) is 13.0 Å². The third kappa shape index (κ3) is 3.74. The number of halogens is 3. The topological polar surface area (TPSA) is 12.0 Å². The average molecular weight is 264 g/mol. The number of hydrogen-bond donors (Lipinski definition) is 1. The molecule has 1 nitrogen and oxygen atoms in total. The summed E-state index contributed by atoms with van der Waals surface area (Å²) in [7, 11) is 0. The predicted octanol–water partition coefficient (Wildman–Crippen LogP) is 4.43. The first kappa shape index (κ1) is 13.5. The fraction of sp³-hybridized carbons (Fsp3) is 0.200. The van der Waals surface area contributed by atoms with Crippen molar-refractivity contribution in [2.24, 2.45) is 0 Å². The first-order valence-corrected chi connectivity index (χ1v) is 5.83. The van der Waals surface area contributed by atoms with E-state index in [4.69, 9.17) is 0 Å². The molecule has 99 valence electrons. The van der Waals surface area contributed by atoms with Crippen LogP contribution in [0.1, 0.15) is 16.7 Å². The average Bonchev–Trinajstić information content (AvgIpc) is 2.36. The lowest BCUT2D eigenvalue weighted by atomic mass is 10.1. The number of nitrogens with one attached hydrogen (secondary N) is 1. The molecule has 0 aliphatic carbocycles. The van der Waals surface area contributed by atoms with E-state index in [0.717, 1.165) is 23.3 Å². The molecule has 0 aliphatic heterocycles. The van der Waals surface area contributed by atoms with Gasteiger partial charge in [0.15, 0.2) is 0 Å². The van der Waals surface area contributed by atoms with Gasteiger partial charge < -0.3 is 5.32 Å². The monoisotopic (exact) mass is 264 g/mol. The molecule has 0 atom stereocenters. The van der Waals surface area contributed by atoms with Crippen LogP contribution in [0.25, 0.3) is 0 Å². The first-order valence-electron chi connectivity index (χ1n) is 5.83. The maximum Gasteiger partial charge on any atom is 0.416 e. The van der Waals surface area contributed by atoms with Gasteiger partial charge in [-0.15, -0.1) is 0 Å². The van der Waals surface area contributed by atoms with Crippen molar-refractivity contribution >= 4 is 5.69 Å². The molecule has 0 bridgehead atoms. The molecule has 0 aromatic heterocycles. The minimum Gasteiger partial charge on any atom is -0.381 e. The van der Waals surface area contributed by atoms with Crippen molar-refractivity contribution in [3.05, 3.63) is 65.2 Å². The van der Waals surface area contributed by atoms with E-state index in [1.807, 2.05) is 25.1 Å². The Balaban J connectivity index is 2.01. The zero-order valence-corrected chi connectivity index (χ0v) is 10.4. The van der Waals surface area contributed by atoms with Crippen molar-refractivity contribution < 1.29 is 13.2 Å². The molecule has 19 heavy (non-hydrogen) atoms. The van der Waals surface area contributed by atoms with Gasteiger partial charge in [-0.3, -0.25) is 0 Å². The molecule has 2 rings (SSSR count). The van der Waals surface area contributed by atoms with Crippen LogP contribution in [0.5, 0.6) is 0 Å². The zero-order valence-electron chi connectivity index (χ0n) is 10.4. The number of anilines is 1. The maximum absolute atomic E-state index is 12.4. The predicted molar refractivity (Wildman–Crippen MR) is 68.8 cm³/mol. The molecule has 0 heterocycles. The van der Waals surface area contributed by atoms with Gasteiger partial charge >= 0.3 is 6.18 Å². The molecular weight excluding hydrogens is 251 g/mol. The van der Waals surface area contributed by atoms with Crippen LogP contribution >= 0.6 is 0 Å². The summed E-state index contributed by atoms with van der Waals surface area (Å²) in [5.74, 6) is 0. The maximum atomic E-state index is 12.4. The molecule has 0 saturated carbocycles. The number of rotatable bonds is 3. The van der Waals surface area contributed by atoms with E-state index in [1.54, 1.807) is 0 Å². The van der Waals surface area contributed by atoms with Crippen molar-refractivity contribution in [1.82, 2.24) is 0 Å². The minimum absolute atomic E-state index is 0.570. The van der Waals surface area contributed by atoms with E-state index in [2.05, 4.69) is 11.4 Å². The molecule has 0 fully saturated rings. The van der Waals surface area contributed by atoms with Gasteiger partial charge in [0.1, 0.15) is 0 Å². The minimum atomic E-state index is -4.29. The molecule has 2 aromatic rings. The van der Waals surface area contributed by atoms with Crippen molar-refractivity contribution in [2.45, 2.75) is 19.6 Å². The summed E-state index contributed by atoms with van der Waals surface area (Å²) in [5, 5.41) is 3.09. The number of alkyl halides is 3. The Kier molecular flexibility index (Phi) is 3.79. The Labute approximate surface area is 110 Å². The number of aryl methyl sites for hydroxylation is 1. The summed E-state index contributed by atoms with van der Waals surface area (Å²) in [4.78, 5) is 0. The molecular formula is C15H13F3N. The van der Waals surface area contributed by atoms with E-state index in [-0.39, 0.29) is 0 Å². The van der Waals surface area contributed by atoms with Crippen molar-refractivity contribution in [3.63, 3.8) is 0 Å². The van der Waals surface area contributed by atoms with Gasteiger partial charge in [-0.25, -0.2) is 0 Å². The van der Waals surface area contributed by atoms with Crippen molar-refractivity contribution in [2.75, 3.05) is 5.32 Å². The lowest BCUT2D eigenvalue weighted by Gasteiger charge is -2.10. The summed E-state index contributed by atoms with van der Waals surface area (Å²) < 4.78 is 37.2. The summed E-state index contributed by atoms with van der Waals surface area (Å²) in [6.45, 7) is 2.52. The molecule has 0 unspecified atom stereocenters. The van der Waals surface area contributed by atoms with Crippen LogP contribution in [0.4, 0.5) is 18.9 Å². The SMILES string of the molecule is Cc1[c]ccc(CNc2ccc(C(F)(F)F)cc2)c1. The molecule has 1 N–H and O–H groups in total. The lowest BCUT2D eigenvalue weighted by Crippen LogP contribution is -2.05. The van der Waals surface area contributed by atoms with Crippen molar-refractivity contribution in [3.8, 4) is 0 Å². The molecule has 0 saturated heterocycles. The Morgan fingerprint density at radius 2 is 1.79 bits per heavy atom. The fourth-order valence-electron chi connectivity index (χ4n) is 1.74. The highest BCUT2D eigenvalue weighted by Gasteiger charge is 2.29. The van der Waals surface area contributed by atoms with Gasteiger partial charge in [-0.05, 0) is 48.4 Å². The van der Waals surface area contributed by atoms with Gasteiger partial charge in [0.25, 0.3) is 0 Å². The Bertz CT molecular complexity index is 544. The van der Waals surface area contributed by atoms with Crippen LogP contribution in [-0.2, 0) is 12.7 Å². The highest BCUT2D eigenvalue weighted by Crippen LogP contribution is 2.29. The van der Waals surface area contributed by atoms with E-state index < -0.39 is 11.7 Å². The van der Waals surface area contributed by atoms with Gasteiger partial charge in [0, 0.05) is 12.2 Å². The quantitative estimate of drug-likeness (QED) is 0.865. The zero-order chi connectivity index (χ0) is 13.9. The highest BCUT2D eigenvalue weighted by atomic mass is 19.4. The third-order valence-electron chi connectivity index (χ3n) is 2.72. The molecule has 2 aromatic carbocycles. The second-order valence-electron chi connectivity index (χ2n) is 4.31. The Morgan fingerprint density at radius 3 is 2.37 bits per heavy atom. The molecule has 1 radical (unpaired) electrons. The van der Waals surface area contributed by atoms with Crippen molar-refractivity contribution in [1.29, 1.82) is 0 Å². The smallest absolute Gasteiger partial charge is 0.381 e. The molecule has 4 heteroatoms. The lowest BCUT2D eigenvalue weighted by molar-refractivity contribution is -0.137. The summed E-state index contributed by atoms with van der Waals surface area (Å²) in [5.41, 5.74) is 2.13. The van der Waals surface area contributed by atoms with E-state index >= 15 is 0 Å². The van der Waals surface area contributed by atoms with Gasteiger partial charge in [0.2, 0.25) is 0 Å². The standard InChI is InChI=1S/C15H13F3N/c1-11-3-2-4-12(9-11)10-19-14-7-5-13(6-8-14)15(16,17)18/h2,4-9,19H,10H2,1H3. The summed E-state index contributed by atoms with van der Waals surface area (Å²) in [6.07, 6.45) is -4.29. The molecule has 0 spiro atoms. The largest absolute Gasteiger partial charge is 0.416 e. The molecule has 0 amide bonds. The Morgan fingerprint density at radius 1 is 1.11 bits per heavy atom. The Hall–Kier alpha value is -1.97. The third-order valence-corrected chi connectivity index (χ3v) is 2.72. The summed E-state index contributed by atoms with van der Waals surface area (Å²) in [6, 6.07) is 13.8. The highest BCUT2D eigenvalue weighted by molar-refractivity contribution is 5.45.